The Balaban J connectivity index is 1.75. The number of benzene rings is 2. The zero-order chi connectivity index (χ0) is 17.4. The molecule has 0 unspecified atom stereocenters. The monoisotopic (exact) mass is 328 g/mol. The van der Waals surface area contributed by atoms with Crippen LogP contribution in [0.2, 0.25) is 0 Å². The smallest absolute Gasteiger partial charge is 0.227 e. The fourth-order valence-electron chi connectivity index (χ4n) is 2.10. The highest BCUT2D eigenvalue weighted by atomic mass is 16.5. The lowest BCUT2D eigenvalue weighted by atomic mass is 10.1. The van der Waals surface area contributed by atoms with Crippen molar-refractivity contribution in [2.45, 2.75) is 20.3 Å². The minimum atomic E-state index is -0.0885. The maximum absolute atomic E-state index is 11.9. The van der Waals surface area contributed by atoms with Gasteiger partial charge < -0.3 is 20.5 Å². The Kier molecular flexibility index (Phi) is 6.63. The minimum Gasteiger partial charge on any atom is -0.493 e. The number of aryl methyl sites for hydroxylation is 2. The predicted molar refractivity (Wildman–Crippen MR) is 95.6 cm³/mol. The van der Waals surface area contributed by atoms with Crippen LogP contribution in [0.25, 0.3) is 0 Å². The highest BCUT2D eigenvalue weighted by molar-refractivity contribution is 5.90. The van der Waals surface area contributed by atoms with E-state index < -0.39 is 0 Å². The first-order valence-corrected chi connectivity index (χ1v) is 8.01. The van der Waals surface area contributed by atoms with Crippen LogP contribution >= 0.6 is 0 Å². The molecule has 2 aromatic carbocycles. The van der Waals surface area contributed by atoms with E-state index in [1.807, 2.05) is 25.1 Å². The van der Waals surface area contributed by atoms with Gasteiger partial charge in [-0.3, -0.25) is 4.79 Å². The Morgan fingerprint density at radius 3 is 2.29 bits per heavy atom. The topological polar surface area (TPSA) is 73.6 Å². The molecule has 0 aliphatic heterocycles. The number of carbonyl (C=O) groups excluding carboxylic acids is 1. The van der Waals surface area contributed by atoms with Crippen molar-refractivity contribution in [3.05, 3.63) is 53.6 Å². The molecule has 0 spiro atoms. The molecule has 0 radical (unpaired) electrons. The molecule has 0 fully saturated rings. The molecule has 0 atom stereocenters. The zero-order valence-electron chi connectivity index (χ0n) is 14.2. The number of ether oxygens (including phenoxy) is 2. The van der Waals surface area contributed by atoms with E-state index in [2.05, 4.69) is 12.2 Å². The average molecular weight is 328 g/mol. The van der Waals surface area contributed by atoms with E-state index in [1.54, 1.807) is 24.3 Å². The van der Waals surface area contributed by atoms with Crippen LogP contribution in [0.4, 0.5) is 5.69 Å². The van der Waals surface area contributed by atoms with Crippen molar-refractivity contribution in [1.29, 1.82) is 0 Å². The second kappa shape index (κ2) is 8.93. The summed E-state index contributed by atoms with van der Waals surface area (Å²) in [6, 6.07) is 13.1. The molecule has 0 heterocycles. The SMILES string of the molecule is Cc1ccc(OCCC(=O)Nc2ccc(OCCN)cc2)cc1C. The lowest BCUT2D eigenvalue weighted by Crippen LogP contribution is -2.15. The summed E-state index contributed by atoms with van der Waals surface area (Å²) in [6.07, 6.45) is 0.290. The number of nitrogens with one attached hydrogen (secondary N) is 1. The minimum absolute atomic E-state index is 0.0885. The fraction of sp³-hybridized carbons (Fsp3) is 0.316. The van der Waals surface area contributed by atoms with Crippen molar-refractivity contribution < 1.29 is 14.3 Å². The zero-order valence-corrected chi connectivity index (χ0v) is 14.2. The first-order valence-electron chi connectivity index (χ1n) is 8.01. The van der Waals surface area contributed by atoms with Crippen LogP contribution in [0, 0.1) is 13.8 Å². The van der Waals surface area contributed by atoms with Gasteiger partial charge in [-0.1, -0.05) is 6.07 Å². The van der Waals surface area contributed by atoms with Gasteiger partial charge in [-0.2, -0.15) is 0 Å². The van der Waals surface area contributed by atoms with Crippen LogP contribution in [0.15, 0.2) is 42.5 Å². The number of nitrogens with two attached hydrogens (primary N) is 1. The molecule has 0 aromatic heterocycles. The van der Waals surface area contributed by atoms with Crippen LogP contribution in [-0.2, 0) is 4.79 Å². The highest BCUT2D eigenvalue weighted by Gasteiger charge is 2.04. The number of hydrogen-bond donors (Lipinski definition) is 2. The average Bonchev–Trinajstić information content (AvgIpc) is 2.57. The van der Waals surface area contributed by atoms with Gasteiger partial charge in [0.15, 0.2) is 0 Å². The molecule has 0 saturated heterocycles. The van der Waals surface area contributed by atoms with Crippen LogP contribution in [0.3, 0.4) is 0 Å². The van der Waals surface area contributed by atoms with E-state index in [9.17, 15) is 4.79 Å². The number of amides is 1. The number of rotatable bonds is 8. The van der Waals surface area contributed by atoms with E-state index >= 15 is 0 Å². The van der Waals surface area contributed by atoms with Gasteiger partial charge in [-0.05, 0) is 61.4 Å². The van der Waals surface area contributed by atoms with Crippen molar-refractivity contribution in [2.24, 2.45) is 5.73 Å². The molecule has 1 amide bonds. The third kappa shape index (κ3) is 5.59. The number of anilines is 1. The molecule has 0 aliphatic rings. The molecule has 5 heteroatoms. The quantitative estimate of drug-likeness (QED) is 0.781. The standard InChI is InChI=1S/C19H24N2O3/c1-14-3-6-18(13-15(14)2)23-11-9-19(22)21-16-4-7-17(8-5-16)24-12-10-20/h3-8,13H,9-12,20H2,1-2H3,(H,21,22). The highest BCUT2D eigenvalue weighted by Crippen LogP contribution is 2.17. The molecule has 0 saturated carbocycles. The first-order chi connectivity index (χ1) is 11.6. The largest absolute Gasteiger partial charge is 0.493 e. The second-order valence-electron chi connectivity index (χ2n) is 5.55. The van der Waals surface area contributed by atoms with Crippen LogP contribution in [0.5, 0.6) is 11.5 Å². The van der Waals surface area contributed by atoms with Crippen LogP contribution in [0.1, 0.15) is 17.5 Å². The van der Waals surface area contributed by atoms with Gasteiger partial charge in [0.25, 0.3) is 0 Å². The summed E-state index contributed by atoms with van der Waals surface area (Å²) < 4.78 is 11.0. The molecule has 2 rings (SSSR count). The van der Waals surface area contributed by atoms with Gasteiger partial charge in [-0.15, -0.1) is 0 Å². The van der Waals surface area contributed by atoms with Crippen molar-refractivity contribution in [3.8, 4) is 11.5 Å². The molecule has 128 valence electrons. The Labute approximate surface area is 142 Å². The molecule has 0 aliphatic carbocycles. The van der Waals surface area contributed by atoms with Gasteiger partial charge in [0.1, 0.15) is 18.1 Å². The van der Waals surface area contributed by atoms with E-state index in [0.717, 1.165) is 17.2 Å². The summed E-state index contributed by atoms with van der Waals surface area (Å²) in [7, 11) is 0. The third-order valence-electron chi connectivity index (χ3n) is 3.60. The van der Waals surface area contributed by atoms with Crippen LogP contribution in [-0.4, -0.2) is 25.7 Å². The second-order valence-corrected chi connectivity index (χ2v) is 5.55. The normalized spacial score (nSPS) is 10.3. The van der Waals surface area contributed by atoms with Gasteiger partial charge in [-0.25, -0.2) is 0 Å². The molecular weight excluding hydrogens is 304 g/mol. The lowest BCUT2D eigenvalue weighted by molar-refractivity contribution is -0.116. The Hall–Kier alpha value is -2.53. The number of carbonyl (C=O) groups is 1. The maximum Gasteiger partial charge on any atom is 0.227 e. The summed E-state index contributed by atoms with van der Waals surface area (Å²) in [5.41, 5.74) is 8.51. The summed E-state index contributed by atoms with van der Waals surface area (Å²) in [6.45, 7) is 5.38. The van der Waals surface area contributed by atoms with Crippen molar-refractivity contribution >= 4 is 11.6 Å². The molecule has 0 bridgehead atoms. The Morgan fingerprint density at radius 1 is 0.958 bits per heavy atom. The fourth-order valence-corrected chi connectivity index (χ4v) is 2.10. The molecule has 2 aromatic rings. The summed E-state index contributed by atoms with van der Waals surface area (Å²) in [5.74, 6) is 1.43. The van der Waals surface area contributed by atoms with Crippen molar-refractivity contribution in [3.63, 3.8) is 0 Å². The van der Waals surface area contributed by atoms with Gasteiger partial charge in [0, 0.05) is 12.2 Å². The van der Waals surface area contributed by atoms with Crippen LogP contribution < -0.4 is 20.5 Å². The van der Waals surface area contributed by atoms with E-state index in [4.69, 9.17) is 15.2 Å². The Morgan fingerprint density at radius 2 is 1.62 bits per heavy atom. The van der Waals surface area contributed by atoms with E-state index in [-0.39, 0.29) is 5.91 Å². The predicted octanol–water partition coefficient (Wildman–Crippen LogP) is 3.05. The van der Waals surface area contributed by atoms with Gasteiger partial charge in [0.05, 0.1) is 13.0 Å². The first kappa shape index (κ1) is 17.8. The maximum atomic E-state index is 11.9. The number of hydrogen-bond acceptors (Lipinski definition) is 4. The molecular formula is C19H24N2O3. The lowest BCUT2D eigenvalue weighted by Gasteiger charge is -2.09. The summed E-state index contributed by atoms with van der Waals surface area (Å²) in [4.78, 5) is 11.9. The molecule has 3 N–H and O–H groups in total. The Bertz CT molecular complexity index is 669. The van der Waals surface area contributed by atoms with Crippen molar-refractivity contribution in [2.75, 3.05) is 25.1 Å². The molecule has 5 nitrogen and oxygen atoms in total. The summed E-state index contributed by atoms with van der Waals surface area (Å²) >= 11 is 0. The van der Waals surface area contributed by atoms with E-state index in [1.165, 1.54) is 11.1 Å². The summed E-state index contributed by atoms with van der Waals surface area (Å²) in [5, 5.41) is 2.83. The van der Waals surface area contributed by atoms with Gasteiger partial charge in [0.2, 0.25) is 5.91 Å². The van der Waals surface area contributed by atoms with E-state index in [0.29, 0.717) is 26.2 Å². The van der Waals surface area contributed by atoms with Gasteiger partial charge >= 0.3 is 0 Å². The third-order valence-corrected chi connectivity index (χ3v) is 3.60. The molecule has 24 heavy (non-hydrogen) atoms. The van der Waals surface area contributed by atoms with Crippen molar-refractivity contribution in [1.82, 2.24) is 0 Å².